The lowest BCUT2D eigenvalue weighted by atomic mass is 9.97. The molecule has 0 bridgehead atoms. The zero-order valence-corrected chi connectivity index (χ0v) is 11.2. The SMILES string of the molecule is COc1ccc(-c2ccc(CN)cc2C)cc1C. The van der Waals surface area contributed by atoms with Gasteiger partial charge < -0.3 is 10.5 Å². The Balaban J connectivity index is 2.45. The quantitative estimate of drug-likeness (QED) is 0.893. The summed E-state index contributed by atoms with van der Waals surface area (Å²) in [4.78, 5) is 0. The number of benzene rings is 2. The van der Waals surface area contributed by atoms with E-state index in [-0.39, 0.29) is 0 Å². The van der Waals surface area contributed by atoms with E-state index in [0.29, 0.717) is 6.54 Å². The van der Waals surface area contributed by atoms with Crippen LogP contribution >= 0.6 is 0 Å². The first kappa shape index (κ1) is 12.7. The van der Waals surface area contributed by atoms with E-state index >= 15 is 0 Å². The minimum absolute atomic E-state index is 0.586. The molecule has 0 aromatic heterocycles. The largest absolute Gasteiger partial charge is 0.496 e. The van der Waals surface area contributed by atoms with E-state index in [9.17, 15) is 0 Å². The molecule has 2 rings (SSSR count). The van der Waals surface area contributed by atoms with E-state index in [1.54, 1.807) is 7.11 Å². The molecule has 18 heavy (non-hydrogen) atoms. The van der Waals surface area contributed by atoms with Gasteiger partial charge in [-0.15, -0.1) is 0 Å². The van der Waals surface area contributed by atoms with Gasteiger partial charge in [0.25, 0.3) is 0 Å². The molecule has 0 atom stereocenters. The molecule has 0 amide bonds. The summed E-state index contributed by atoms with van der Waals surface area (Å²) in [6, 6.07) is 12.6. The highest BCUT2D eigenvalue weighted by Gasteiger charge is 2.05. The molecule has 0 heterocycles. The molecule has 2 aromatic carbocycles. The predicted octanol–water partition coefficient (Wildman–Crippen LogP) is 3.44. The lowest BCUT2D eigenvalue weighted by molar-refractivity contribution is 0.412. The van der Waals surface area contributed by atoms with Crippen LogP contribution in [0, 0.1) is 13.8 Å². The van der Waals surface area contributed by atoms with Crippen molar-refractivity contribution in [2.75, 3.05) is 7.11 Å². The first-order valence-corrected chi connectivity index (χ1v) is 6.10. The molecule has 0 aliphatic rings. The molecule has 0 fully saturated rings. The molecule has 2 aromatic rings. The Labute approximate surface area is 108 Å². The van der Waals surface area contributed by atoms with Gasteiger partial charge in [-0.3, -0.25) is 0 Å². The average Bonchev–Trinajstić information content (AvgIpc) is 2.38. The number of hydrogen-bond donors (Lipinski definition) is 1. The van der Waals surface area contributed by atoms with E-state index in [0.717, 1.165) is 11.3 Å². The number of methoxy groups -OCH3 is 1. The third-order valence-electron chi connectivity index (χ3n) is 3.23. The molecule has 0 aliphatic heterocycles. The van der Waals surface area contributed by atoms with Crippen LogP contribution in [-0.4, -0.2) is 7.11 Å². The van der Waals surface area contributed by atoms with Gasteiger partial charge in [-0.1, -0.05) is 24.3 Å². The Morgan fingerprint density at radius 2 is 1.78 bits per heavy atom. The van der Waals surface area contributed by atoms with Gasteiger partial charge in [0, 0.05) is 6.54 Å². The van der Waals surface area contributed by atoms with Crippen LogP contribution in [0.4, 0.5) is 0 Å². The lowest BCUT2D eigenvalue weighted by Gasteiger charge is -2.11. The number of aryl methyl sites for hydroxylation is 2. The average molecular weight is 241 g/mol. The fourth-order valence-electron chi connectivity index (χ4n) is 2.22. The monoisotopic (exact) mass is 241 g/mol. The maximum absolute atomic E-state index is 5.65. The molecule has 2 heteroatoms. The second-order valence-corrected chi connectivity index (χ2v) is 4.54. The van der Waals surface area contributed by atoms with Gasteiger partial charge in [0.15, 0.2) is 0 Å². The van der Waals surface area contributed by atoms with Crippen molar-refractivity contribution in [1.82, 2.24) is 0 Å². The van der Waals surface area contributed by atoms with Gasteiger partial charge in [-0.25, -0.2) is 0 Å². The molecular weight excluding hydrogens is 222 g/mol. The number of nitrogens with two attached hydrogens (primary N) is 1. The number of rotatable bonds is 3. The summed E-state index contributed by atoms with van der Waals surface area (Å²) in [6.07, 6.45) is 0. The molecule has 2 nitrogen and oxygen atoms in total. The summed E-state index contributed by atoms with van der Waals surface area (Å²) >= 11 is 0. The Morgan fingerprint density at radius 3 is 2.33 bits per heavy atom. The molecule has 0 saturated carbocycles. The van der Waals surface area contributed by atoms with Gasteiger partial charge in [-0.2, -0.15) is 0 Å². The van der Waals surface area contributed by atoms with Crippen molar-refractivity contribution in [3.63, 3.8) is 0 Å². The van der Waals surface area contributed by atoms with E-state index < -0.39 is 0 Å². The van der Waals surface area contributed by atoms with E-state index in [4.69, 9.17) is 10.5 Å². The molecule has 0 spiro atoms. The fourth-order valence-corrected chi connectivity index (χ4v) is 2.22. The van der Waals surface area contributed by atoms with E-state index in [1.165, 1.54) is 22.3 Å². The zero-order chi connectivity index (χ0) is 13.1. The predicted molar refractivity (Wildman–Crippen MR) is 75.8 cm³/mol. The zero-order valence-electron chi connectivity index (χ0n) is 11.2. The van der Waals surface area contributed by atoms with Crippen molar-refractivity contribution in [3.8, 4) is 16.9 Å². The third kappa shape index (κ3) is 2.39. The topological polar surface area (TPSA) is 35.2 Å². The summed E-state index contributed by atoms with van der Waals surface area (Å²) in [5.74, 6) is 0.926. The second-order valence-electron chi connectivity index (χ2n) is 4.54. The number of ether oxygens (including phenoxy) is 1. The Morgan fingerprint density at radius 1 is 1.00 bits per heavy atom. The molecular formula is C16H19NO. The molecule has 0 unspecified atom stereocenters. The molecule has 94 valence electrons. The van der Waals surface area contributed by atoms with E-state index in [1.807, 2.05) is 6.07 Å². The summed E-state index contributed by atoms with van der Waals surface area (Å²) < 4.78 is 5.29. The van der Waals surface area contributed by atoms with Crippen molar-refractivity contribution in [1.29, 1.82) is 0 Å². The minimum Gasteiger partial charge on any atom is -0.496 e. The van der Waals surface area contributed by atoms with Crippen LogP contribution in [0.15, 0.2) is 36.4 Å². The summed E-state index contributed by atoms with van der Waals surface area (Å²) in [5.41, 5.74) is 11.7. The van der Waals surface area contributed by atoms with Gasteiger partial charge in [0.05, 0.1) is 7.11 Å². The Bertz CT molecular complexity index is 561. The van der Waals surface area contributed by atoms with Gasteiger partial charge >= 0.3 is 0 Å². The van der Waals surface area contributed by atoms with Crippen LogP contribution in [-0.2, 0) is 6.54 Å². The van der Waals surface area contributed by atoms with Gasteiger partial charge in [0.1, 0.15) is 5.75 Å². The molecule has 0 saturated heterocycles. The fraction of sp³-hybridized carbons (Fsp3) is 0.250. The summed E-state index contributed by atoms with van der Waals surface area (Å²) in [6.45, 7) is 4.77. The smallest absolute Gasteiger partial charge is 0.121 e. The summed E-state index contributed by atoms with van der Waals surface area (Å²) in [7, 11) is 1.70. The minimum atomic E-state index is 0.586. The molecule has 2 N–H and O–H groups in total. The Kier molecular flexibility index (Phi) is 3.68. The lowest BCUT2D eigenvalue weighted by Crippen LogP contribution is -1.97. The highest BCUT2D eigenvalue weighted by atomic mass is 16.5. The van der Waals surface area contributed by atoms with Gasteiger partial charge in [0.2, 0.25) is 0 Å². The summed E-state index contributed by atoms with van der Waals surface area (Å²) in [5, 5.41) is 0. The van der Waals surface area contributed by atoms with Crippen LogP contribution < -0.4 is 10.5 Å². The first-order valence-electron chi connectivity index (χ1n) is 6.10. The molecule has 0 radical (unpaired) electrons. The van der Waals surface area contributed by atoms with Gasteiger partial charge in [-0.05, 0) is 53.8 Å². The van der Waals surface area contributed by atoms with Crippen molar-refractivity contribution >= 4 is 0 Å². The van der Waals surface area contributed by atoms with Crippen molar-refractivity contribution in [3.05, 3.63) is 53.1 Å². The number of hydrogen-bond acceptors (Lipinski definition) is 2. The van der Waals surface area contributed by atoms with Crippen molar-refractivity contribution < 1.29 is 4.74 Å². The Hall–Kier alpha value is -1.80. The van der Waals surface area contributed by atoms with Crippen LogP contribution in [0.5, 0.6) is 5.75 Å². The van der Waals surface area contributed by atoms with Crippen molar-refractivity contribution in [2.24, 2.45) is 5.73 Å². The standard InChI is InChI=1S/C16H19NO/c1-11-8-13(10-17)4-6-15(11)14-5-7-16(18-3)12(2)9-14/h4-9H,10,17H2,1-3H3. The second kappa shape index (κ2) is 5.23. The normalized spacial score (nSPS) is 10.4. The first-order chi connectivity index (χ1) is 8.65. The van der Waals surface area contributed by atoms with Crippen LogP contribution in [0.25, 0.3) is 11.1 Å². The van der Waals surface area contributed by atoms with Crippen molar-refractivity contribution in [2.45, 2.75) is 20.4 Å². The van der Waals surface area contributed by atoms with E-state index in [2.05, 4.69) is 44.2 Å². The van der Waals surface area contributed by atoms with Crippen LogP contribution in [0.3, 0.4) is 0 Å². The van der Waals surface area contributed by atoms with Crippen LogP contribution in [0.1, 0.15) is 16.7 Å². The van der Waals surface area contributed by atoms with Crippen LogP contribution in [0.2, 0.25) is 0 Å². The molecule has 0 aliphatic carbocycles. The maximum atomic E-state index is 5.65. The highest BCUT2D eigenvalue weighted by molar-refractivity contribution is 5.69. The highest BCUT2D eigenvalue weighted by Crippen LogP contribution is 2.28. The maximum Gasteiger partial charge on any atom is 0.121 e. The third-order valence-corrected chi connectivity index (χ3v) is 3.23.